The molecular formula is C20H36IN5O2. The third kappa shape index (κ3) is 8.91. The fourth-order valence-electron chi connectivity index (χ4n) is 3.29. The molecule has 1 aliphatic heterocycles. The van der Waals surface area contributed by atoms with Crippen LogP contribution in [0.25, 0.3) is 0 Å². The predicted octanol–water partition coefficient (Wildman–Crippen LogP) is 2.65. The number of guanidine groups is 1. The van der Waals surface area contributed by atoms with Gasteiger partial charge >= 0.3 is 0 Å². The number of pyridine rings is 1. The highest BCUT2D eigenvalue weighted by atomic mass is 127. The zero-order valence-electron chi connectivity index (χ0n) is 17.4. The fourth-order valence-corrected chi connectivity index (χ4v) is 3.29. The maximum atomic E-state index is 5.68. The minimum absolute atomic E-state index is 0. The predicted molar refractivity (Wildman–Crippen MR) is 125 cm³/mol. The van der Waals surface area contributed by atoms with Crippen LogP contribution in [0, 0.1) is 0 Å². The average Bonchev–Trinajstić information content (AvgIpc) is 2.70. The van der Waals surface area contributed by atoms with Gasteiger partial charge in [-0.1, -0.05) is 12.5 Å². The Kier molecular flexibility index (Phi) is 13.2. The van der Waals surface area contributed by atoms with Crippen molar-refractivity contribution in [3.8, 4) is 5.88 Å². The first kappa shape index (κ1) is 24.9. The van der Waals surface area contributed by atoms with Crippen molar-refractivity contribution in [3.63, 3.8) is 0 Å². The van der Waals surface area contributed by atoms with Crippen molar-refractivity contribution in [2.75, 3.05) is 47.0 Å². The summed E-state index contributed by atoms with van der Waals surface area (Å²) in [6.45, 7) is 7.27. The lowest BCUT2D eigenvalue weighted by Gasteiger charge is -2.33. The lowest BCUT2D eigenvalue weighted by molar-refractivity contribution is 0.143. The topological polar surface area (TPSA) is 71.0 Å². The second-order valence-corrected chi connectivity index (χ2v) is 6.90. The molecular weight excluding hydrogens is 469 g/mol. The number of hydrogen-bond donors (Lipinski definition) is 2. The molecule has 7 nitrogen and oxygen atoms in total. The number of ether oxygens (including phenoxy) is 2. The lowest BCUT2D eigenvalue weighted by atomic mass is 10.0. The molecule has 160 valence electrons. The van der Waals surface area contributed by atoms with Crippen molar-refractivity contribution < 1.29 is 9.47 Å². The Labute approximate surface area is 186 Å². The number of likely N-dealkylation sites (tertiary alicyclic amines) is 1. The Morgan fingerprint density at radius 1 is 1.32 bits per heavy atom. The molecule has 1 saturated heterocycles. The molecule has 0 aliphatic carbocycles. The van der Waals surface area contributed by atoms with Crippen molar-refractivity contribution in [3.05, 3.63) is 23.9 Å². The van der Waals surface area contributed by atoms with E-state index in [-0.39, 0.29) is 24.0 Å². The van der Waals surface area contributed by atoms with E-state index >= 15 is 0 Å². The lowest BCUT2D eigenvalue weighted by Crippen LogP contribution is -2.41. The third-order valence-electron chi connectivity index (χ3n) is 4.90. The molecule has 2 rings (SSSR count). The summed E-state index contributed by atoms with van der Waals surface area (Å²) in [5.74, 6) is 1.44. The molecule has 0 bridgehead atoms. The van der Waals surface area contributed by atoms with Gasteiger partial charge in [0.25, 0.3) is 0 Å². The van der Waals surface area contributed by atoms with Crippen molar-refractivity contribution in [1.82, 2.24) is 20.5 Å². The third-order valence-corrected chi connectivity index (χ3v) is 4.90. The van der Waals surface area contributed by atoms with Crippen LogP contribution >= 0.6 is 24.0 Å². The van der Waals surface area contributed by atoms with Crippen molar-refractivity contribution >= 4 is 29.9 Å². The molecule has 0 aromatic carbocycles. The molecule has 1 aromatic heterocycles. The molecule has 1 atom stereocenters. The van der Waals surface area contributed by atoms with E-state index in [1.807, 2.05) is 12.1 Å². The van der Waals surface area contributed by atoms with Gasteiger partial charge in [-0.05, 0) is 38.8 Å². The number of aromatic nitrogens is 1. The molecule has 0 amide bonds. The molecule has 8 heteroatoms. The Balaban J connectivity index is 0.00000392. The first-order valence-electron chi connectivity index (χ1n) is 9.98. The molecule has 28 heavy (non-hydrogen) atoms. The first-order chi connectivity index (χ1) is 13.2. The number of rotatable bonds is 10. The fraction of sp³-hybridized carbons (Fsp3) is 0.700. The van der Waals surface area contributed by atoms with E-state index in [1.54, 1.807) is 20.4 Å². The molecule has 0 spiro atoms. The van der Waals surface area contributed by atoms with Gasteiger partial charge < -0.3 is 25.0 Å². The van der Waals surface area contributed by atoms with Crippen LogP contribution < -0.4 is 15.4 Å². The van der Waals surface area contributed by atoms with Gasteiger partial charge in [0.15, 0.2) is 5.96 Å². The second-order valence-electron chi connectivity index (χ2n) is 6.90. The van der Waals surface area contributed by atoms with Crippen LogP contribution in [-0.2, 0) is 11.3 Å². The van der Waals surface area contributed by atoms with Gasteiger partial charge in [-0.15, -0.1) is 24.0 Å². The summed E-state index contributed by atoms with van der Waals surface area (Å²) < 4.78 is 10.7. The first-order valence-corrected chi connectivity index (χ1v) is 9.98. The van der Waals surface area contributed by atoms with Crippen molar-refractivity contribution in [2.45, 2.75) is 45.2 Å². The smallest absolute Gasteiger partial charge is 0.218 e. The molecule has 0 radical (unpaired) electrons. The molecule has 1 aliphatic rings. The zero-order valence-corrected chi connectivity index (χ0v) is 19.8. The van der Waals surface area contributed by atoms with Gasteiger partial charge in [0, 0.05) is 51.6 Å². The maximum Gasteiger partial charge on any atom is 0.218 e. The van der Waals surface area contributed by atoms with E-state index < -0.39 is 0 Å². The summed E-state index contributed by atoms with van der Waals surface area (Å²) in [5, 5.41) is 6.73. The van der Waals surface area contributed by atoms with E-state index in [0.717, 1.165) is 37.1 Å². The van der Waals surface area contributed by atoms with Crippen LogP contribution in [0.2, 0.25) is 0 Å². The Bertz CT molecular complexity index is 573. The van der Waals surface area contributed by atoms with Gasteiger partial charge in [0.1, 0.15) is 6.61 Å². The monoisotopic (exact) mass is 505 g/mol. The molecule has 1 unspecified atom stereocenters. The number of piperidine rings is 1. The van der Waals surface area contributed by atoms with Gasteiger partial charge in [-0.25, -0.2) is 4.98 Å². The summed E-state index contributed by atoms with van der Waals surface area (Å²) in [7, 11) is 3.45. The van der Waals surface area contributed by atoms with Crippen molar-refractivity contribution in [2.24, 2.45) is 4.99 Å². The van der Waals surface area contributed by atoms with E-state index in [4.69, 9.17) is 9.47 Å². The maximum absolute atomic E-state index is 5.68. The molecule has 2 N–H and O–H groups in total. The zero-order chi connectivity index (χ0) is 19.3. The van der Waals surface area contributed by atoms with Crippen LogP contribution in [-0.4, -0.2) is 68.9 Å². The van der Waals surface area contributed by atoms with Gasteiger partial charge in [-0.2, -0.15) is 0 Å². The quantitative estimate of drug-likeness (QED) is 0.221. The largest absolute Gasteiger partial charge is 0.475 e. The van der Waals surface area contributed by atoms with Crippen LogP contribution in [0.5, 0.6) is 5.88 Å². The number of nitrogens with zero attached hydrogens (tertiary/aromatic N) is 3. The molecule has 0 saturated carbocycles. The van der Waals surface area contributed by atoms with Crippen molar-refractivity contribution in [1.29, 1.82) is 0 Å². The Hall–Kier alpha value is -1.13. The molecule has 1 fully saturated rings. The number of methoxy groups -OCH3 is 1. The standard InChI is InChI=1S/C20H35N5O2.HI/c1-17-8-4-5-12-25(17)13-7-11-23-20(21-2)24-16-18-9-6-10-22-19(18)27-15-14-26-3;/h6,9-10,17H,4-5,7-8,11-16H2,1-3H3,(H2,21,23,24);1H. The highest BCUT2D eigenvalue weighted by Gasteiger charge is 2.17. The minimum atomic E-state index is 0. The molecule has 2 heterocycles. The van der Waals surface area contributed by atoms with Crippen LogP contribution in [0.4, 0.5) is 0 Å². The normalized spacial score (nSPS) is 17.7. The number of nitrogens with one attached hydrogen (secondary N) is 2. The van der Waals surface area contributed by atoms with Gasteiger partial charge in [-0.3, -0.25) is 4.99 Å². The minimum Gasteiger partial charge on any atom is -0.475 e. The Morgan fingerprint density at radius 2 is 2.18 bits per heavy atom. The van der Waals surface area contributed by atoms with E-state index in [0.29, 0.717) is 25.6 Å². The number of halogens is 1. The summed E-state index contributed by atoms with van der Waals surface area (Å²) in [4.78, 5) is 11.2. The van der Waals surface area contributed by atoms with Gasteiger partial charge in [0.05, 0.1) is 6.61 Å². The van der Waals surface area contributed by atoms with Gasteiger partial charge in [0.2, 0.25) is 5.88 Å². The van der Waals surface area contributed by atoms with Crippen LogP contribution in [0.15, 0.2) is 23.3 Å². The Morgan fingerprint density at radius 3 is 2.93 bits per heavy atom. The average molecular weight is 505 g/mol. The summed E-state index contributed by atoms with van der Waals surface area (Å²) >= 11 is 0. The second kappa shape index (κ2) is 14.8. The molecule has 1 aromatic rings. The van der Waals surface area contributed by atoms with E-state index in [1.165, 1.54) is 25.8 Å². The van der Waals surface area contributed by atoms with Crippen LogP contribution in [0.3, 0.4) is 0 Å². The SMILES string of the molecule is CN=C(NCCCN1CCCCC1C)NCc1cccnc1OCCOC.I. The van der Waals surface area contributed by atoms with Crippen LogP contribution in [0.1, 0.15) is 38.2 Å². The summed E-state index contributed by atoms with van der Waals surface area (Å²) in [6, 6.07) is 4.64. The van der Waals surface area contributed by atoms with E-state index in [9.17, 15) is 0 Å². The highest BCUT2D eigenvalue weighted by Crippen LogP contribution is 2.16. The summed E-state index contributed by atoms with van der Waals surface area (Å²) in [6.07, 6.45) is 6.89. The highest BCUT2D eigenvalue weighted by molar-refractivity contribution is 14.0. The summed E-state index contributed by atoms with van der Waals surface area (Å²) in [5.41, 5.74) is 0.999. The van der Waals surface area contributed by atoms with E-state index in [2.05, 4.69) is 32.4 Å². The number of aliphatic imine (C=N–C) groups is 1. The number of hydrogen-bond acceptors (Lipinski definition) is 5.